The van der Waals surface area contributed by atoms with Crippen LogP contribution in [0.5, 0.6) is 0 Å². The van der Waals surface area contributed by atoms with Gasteiger partial charge in [-0.05, 0) is 71.1 Å². The third-order valence-electron chi connectivity index (χ3n) is 6.95. The summed E-state index contributed by atoms with van der Waals surface area (Å²) in [6.07, 6.45) is -8.87. The SMILES string of the molecule is CN(c1ccc(-c2ccc(N(C)c3cccc(C(F)(F)F)c3)c3ccccc23)cc1)c1cccc(C(F)(F)F)c1. The maximum Gasteiger partial charge on any atom is 0.416 e. The molecule has 204 valence electrons. The second-order valence-electron chi connectivity index (χ2n) is 9.44. The molecule has 0 aliphatic heterocycles. The first kappa shape index (κ1) is 27.1. The van der Waals surface area contributed by atoms with Crippen molar-refractivity contribution >= 4 is 33.5 Å². The van der Waals surface area contributed by atoms with Gasteiger partial charge in [-0.15, -0.1) is 0 Å². The average molecular weight is 551 g/mol. The zero-order chi connectivity index (χ0) is 28.7. The van der Waals surface area contributed by atoms with Gasteiger partial charge in [0.1, 0.15) is 0 Å². The molecule has 0 radical (unpaired) electrons. The van der Waals surface area contributed by atoms with Gasteiger partial charge in [0.05, 0.1) is 11.1 Å². The number of anilines is 4. The van der Waals surface area contributed by atoms with E-state index in [1.54, 1.807) is 36.0 Å². The van der Waals surface area contributed by atoms with E-state index >= 15 is 0 Å². The molecule has 0 spiro atoms. The molecule has 0 unspecified atom stereocenters. The predicted octanol–water partition coefficient (Wildman–Crippen LogP) is 10.1. The summed E-state index contributed by atoms with van der Waals surface area (Å²) < 4.78 is 79.4. The van der Waals surface area contributed by atoms with E-state index in [2.05, 4.69) is 0 Å². The van der Waals surface area contributed by atoms with Gasteiger partial charge in [0.15, 0.2) is 0 Å². The van der Waals surface area contributed by atoms with Crippen LogP contribution in [0, 0.1) is 0 Å². The highest BCUT2D eigenvalue weighted by molar-refractivity contribution is 6.04. The van der Waals surface area contributed by atoms with Gasteiger partial charge in [-0.2, -0.15) is 26.3 Å². The van der Waals surface area contributed by atoms with E-state index in [4.69, 9.17) is 0 Å². The van der Waals surface area contributed by atoms with Crippen LogP contribution in [0.2, 0.25) is 0 Å². The molecule has 40 heavy (non-hydrogen) atoms. The topological polar surface area (TPSA) is 6.48 Å². The summed E-state index contributed by atoms with van der Waals surface area (Å²) in [5.74, 6) is 0. The minimum absolute atomic E-state index is 0.412. The van der Waals surface area contributed by atoms with E-state index in [1.165, 1.54) is 12.1 Å². The summed E-state index contributed by atoms with van der Waals surface area (Å²) in [7, 11) is 3.44. The number of hydrogen-bond donors (Lipinski definition) is 0. The fourth-order valence-corrected chi connectivity index (χ4v) is 4.76. The minimum Gasteiger partial charge on any atom is -0.345 e. The zero-order valence-electron chi connectivity index (χ0n) is 21.6. The van der Waals surface area contributed by atoms with Crippen LogP contribution >= 0.6 is 0 Å². The third kappa shape index (κ3) is 5.34. The largest absolute Gasteiger partial charge is 0.416 e. The maximum absolute atomic E-state index is 13.3. The van der Waals surface area contributed by atoms with Crippen molar-refractivity contribution in [2.75, 3.05) is 23.9 Å². The van der Waals surface area contributed by atoms with Crippen molar-refractivity contribution in [2.24, 2.45) is 0 Å². The molecule has 0 aliphatic carbocycles. The first-order valence-corrected chi connectivity index (χ1v) is 12.4. The summed E-state index contributed by atoms with van der Waals surface area (Å²) in [6.45, 7) is 0. The monoisotopic (exact) mass is 550 g/mol. The van der Waals surface area contributed by atoms with Gasteiger partial charge in [0, 0.05) is 42.2 Å². The number of alkyl halides is 6. The normalized spacial score (nSPS) is 12.0. The Morgan fingerprint density at radius 3 is 1.55 bits per heavy atom. The van der Waals surface area contributed by atoms with Crippen molar-refractivity contribution in [1.29, 1.82) is 0 Å². The number of benzene rings is 5. The molecule has 0 saturated carbocycles. The van der Waals surface area contributed by atoms with E-state index in [-0.39, 0.29) is 0 Å². The standard InChI is InChI=1S/C32H24F6N2/c1-39(25-9-5-7-22(19-25)31(33,34)35)24-15-13-21(14-16-24)27-17-18-30(29-12-4-3-11-28(27)29)40(2)26-10-6-8-23(20-26)32(36,37)38/h3-20H,1-2H3. The number of nitrogens with zero attached hydrogens (tertiary/aromatic N) is 2. The van der Waals surface area contributed by atoms with Crippen LogP contribution in [0.4, 0.5) is 49.1 Å². The molecule has 5 aromatic carbocycles. The van der Waals surface area contributed by atoms with Gasteiger partial charge in [-0.25, -0.2) is 0 Å². The molecule has 5 rings (SSSR count). The zero-order valence-corrected chi connectivity index (χ0v) is 21.6. The molecular weight excluding hydrogens is 526 g/mol. The van der Waals surface area contributed by atoms with Gasteiger partial charge in [0.2, 0.25) is 0 Å². The lowest BCUT2D eigenvalue weighted by molar-refractivity contribution is -0.138. The quantitative estimate of drug-likeness (QED) is 0.201. The van der Waals surface area contributed by atoms with Crippen molar-refractivity contribution in [2.45, 2.75) is 12.4 Å². The Morgan fingerprint density at radius 2 is 1.00 bits per heavy atom. The molecule has 2 nitrogen and oxygen atoms in total. The lowest BCUT2D eigenvalue weighted by Gasteiger charge is -2.24. The van der Waals surface area contributed by atoms with E-state index in [0.717, 1.165) is 51.9 Å². The van der Waals surface area contributed by atoms with Crippen LogP contribution < -0.4 is 9.80 Å². The predicted molar refractivity (Wildman–Crippen MR) is 148 cm³/mol. The fourth-order valence-electron chi connectivity index (χ4n) is 4.76. The number of hydrogen-bond acceptors (Lipinski definition) is 2. The molecule has 0 atom stereocenters. The Kier molecular flexibility index (Phi) is 6.96. The average Bonchev–Trinajstić information content (AvgIpc) is 2.95. The molecule has 0 aromatic heterocycles. The smallest absolute Gasteiger partial charge is 0.345 e. The second-order valence-corrected chi connectivity index (χ2v) is 9.44. The van der Waals surface area contributed by atoms with Gasteiger partial charge in [0.25, 0.3) is 0 Å². The molecule has 0 aliphatic rings. The lowest BCUT2D eigenvalue weighted by Crippen LogP contribution is -2.12. The van der Waals surface area contributed by atoms with Crippen LogP contribution in [0.25, 0.3) is 21.9 Å². The van der Waals surface area contributed by atoms with E-state index in [9.17, 15) is 26.3 Å². The van der Waals surface area contributed by atoms with Crippen LogP contribution in [0.3, 0.4) is 0 Å². The first-order valence-electron chi connectivity index (χ1n) is 12.4. The molecular formula is C32H24F6N2. The van der Waals surface area contributed by atoms with E-state index in [1.807, 2.05) is 60.7 Å². The number of fused-ring (bicyclic) bond motifs is 1. The Morgan fingerprint density at radius 1 is 0.475 bits per heavy atom. The van der Waals surface area contributed by atoms with Gasteiger partial charge < -0.3 is 9.80 Å². The molecule has 0 bridgehead atoms. The Hall–Kier alpha value is -4.46. The molecule has 0 N–H and O–H groups in total. The summed E-state index contributed by atoms with van der Waals surface area (Å²) in [5.41, 5.74) is 2.68. The van der Waals surface area contributed by atoms with E-state index < -0.39 is 23.5 Å². The molecule has 5 aromatic rings. The summed E-state index contributed by atoms with van der Waals surface area (Å²) in [6, 6.07) is 29.3. The van der Waals surface area contributed by atoms with E-state index in [0.29, 0.717) is 17.1 Å². The number of rotatable bonds is 5. The minimum atomic E-state index is -4.44. The summed E-state index contributed by atoms with van der Waals surface area (Å²) >= 11 is 0. The van der Waals surface area contributed by atoms with Gasteiger partial charge >= 0.3 is 12.4 Å². The highest BCUT2D eigenvalue weighted by Crippen LogP contribution is 2.39. The first-order chi connectivity index (χ1) is 18.9. The van der Waals surface area contributed by atoms with Crippen LogP contribution in [-0.4, -0.2) is 14.1 Å². The van der Waals surface area contributed by atoms with Crippen molar-refractivity contribution in [3.8, 4) is 11.1 Å². The molecule has 0 amide bonds. The summed E-state index contributed by atoms with van der Waals surface area (Å²) in [5, 5.41) is 1.78. The lowest BCUT2D eigenvalue weighted by atomic mass is 9.96. The van der Waals surface area contributed by atoms with Crippen LogP contribution in [0.1, 0.15) is 11.1 Å². The fraction of sp³-hybridized carbons (Fsp3) is 0.125. The van der Waals surface area contributed by atoms with Crippen LogP contribution in [-0.2, 0) is 12.4 Å². The molecule has 0 saturated heterocycles. The van der Waals surface area contributed by atoms with Crippen molar-refractivity contribution in [3.05, 3.63) is 120 Å². The van der Waals surface area contributed by atoms with Crippen LogP contribution in [0.15, 0.2) is 109 Å². The molecule has 8 heteroatoms. The second kappa shape index (κ2) is 10.3. The maximum atomic E-state index is 13.3. The van der Waals surface area contributed by atoms with Gasteiger partial charge in [-0.1, -0.05) is 54.6 Å². The molecule has 0 fully saturated rings. The highest BCUT2D eigenvalue weighted by atomic mass is 19.4. The number of halogens is 6. The molecule has 0 heterocycles. The summed E-state index contributed by atoms with van der Waals surface area (Å²) in [4.78, 5) is 3.42. The highest BCUT2D eigenvalue weighted by Gasteiger charge is 2.31. The van der Waals surface area contributed by atoms with Crippen molar-refractivity contribution in [1.82, 2.24) is 0 Å². The third-order valence-corrected chi connectivity index (χ3v) is 6.95. The Bertz CT molecular complexity index is 1660. The van der Waals surface area contributed by atoms with Crippen molar-refractivity contribution < 1.29 is 26.3 Å². The van der Waals surface area contributed by atoms with Crippen molar-refractivity contribution in [3.63, 3.8) is 0 Å². The Labute approximate surface area is 227 Å². The Balaban J connectivity index is 1.48. The van der Waals surface area contributed by atoms with Gasteiger partial charge in [-0.3, -0.25) is 0 Å².